The van der Waals surface area contributed by atoms with Crippen LogP contribution in [0.1, 0.15) is 11.3 Å². The van der Waals surface area contributed by atoms with Gasteiger partial charge in [0.1, 0.15) is 6.26 Å². The van der Waals surface area contributed by atoms with Gasteiger partial charge in [-0.15, -0.1) is 24.0 Å². The Bertz CT molecular complexity index is 686. The van der Waals surface area contributed by atoms with Crippen LogP contribution in [0.2, 0.25) is 0 Å². The Hall–Kier alpha value is -1.65. The van der Waals surface area contributed by atoms with Crippen molar-refractivity contribution < 1.29 is 4.52 Å². The lowest BCUT2D eigenvalue weighted by Crippen LogP contribution is -2.52. The fourth-order valence-corrected chi connectivity index (χ4v) is 3.33. The third-order valence-corrected chi connectivity index (χ3v) is 4.83. The molecule has 0 radical (unpaired) electrons. The molecule has 0 aliphatic carbocycles. The minimum absolute atomic E-state index is 0. The molecule has 0 saturated carbocycles. The number of aliphatic imine (C=N–C) groups is 1. The summed E-state index contributed by atoms with van der Waals surface area (Å²) in [5.41, 5.74) is 2.33. The molecule has 0 atom stereocenters. The molecule has 0 bridgehead atoms. The van der Waals surface area contributed by atoms with Crippen LogP contribution in [0.3, 0.4) is 0 Å². The van der Waals surface area contributed by atoms with Crippen LogP contribution in [0.25, 0.3) is 0 Å². The lowest BCUT2D eigenvalue weighted by molar-refractivity contribution is 0.168. The summed E-state index contributed by atoms with van der Waals surface area (Å²) in [7, 11) is 4.01. The number of likely N-dealkylation sites (N-methyl/N-ethyl adjacent to an activating group) is 1. The Morgan fingerprint density at radius 3 is 2.57 bits per heavy atom. The first kappa shape index (κ1) is 22.6. The number of rotatable bonds is 7. The van der Waals surface area contributed by atoms with E-state index < -0.39 is 0 Å². The molecule has 3 rings (SSSR count). The van der Waals surface area contributed by atoms with E-state index in [0.717, 1.165) is 64.0 Å². The zero-order valence-electron chi connectivity index (χ0n) is 16.8. The molecule has 28 heavy (non-hydrogen) atoms. The highest BCUT2D eigenvalue weighted by Crippen LogP contribution is 2.07. The SMILES string of the molecule is CN=C(NCCN(C)Cc1ccccc1)N1CCN(Cc2ccon2)CC1.I. The van der Waals surface area contributed by atoms with Gasteiger partial charge in [-0.25, -0.2) is 0 Å². The van der Waals surface area contributed by atoms with Crippen LogP contribution in [0.15, 0.2) is 52.2 Å². The number of halogens is 1. The molecule has 0 unspecified atom stereocenters. The molecule has 7 nitrogen and oxygen atoms in total. The van der Waals surface area contributed by atoms with Gasteiger partial charge in [-0.2, -0.15) is 0 Å². The number of aromatic nitrogens is 1. The molecule has 0 spiro atoms. The van der Waals surface area contributed by atoms with Crippen molar-refractivity contribution in [1.29, 1.82) is 0 Å². The minimum atomic E-state index is 0. The quantitative estimate of drug-likeness (QED) is 0.359. The molecule has 0 amide bonds. The fourth-order valence-electron chi connectivity index (χ4n) is 3.33. The maximum absolute atomic E-state index is 4.91. The van der Waals surface area contributed by atoms with Crippen LogP contribution >= 0.6 is 24.0 Å². The summed E-state index contributed by atoms with van der Waals surface area (Å²) < 4.78 is 4.91. The van der Waals surface area contributed by atoms with Crippen LogP contribution in [0, 0.1) is 0 Å². The standard InChI is InChI=1S/C20H30N6O.HI/c1-21-20(22-9-10-24(2)16-18-6-4-3-5-7-18)26-13-11-25(12-14-26)17-19-8-15-27-23-19;/h3-8,15H,9-14,16-17H2,1-2H3,(H,21,22);1H. The highest BCUT2D eigenvalue weighted by atomic mass is 127. The number of benzene rings is 1. The van der Waals surface area contributed by atoms with Crippen molar-refractivity contribution in [3.63, 3.8) is 0 Å². The van der Waals surface area contributed by atoms with Crippen LogP contribution in [-0.2, 0) is 13.1 Å². The number of guanidine groups is 1. The third kappa shape index (κ3) is 7.06. The van der Waals surface area contributed by atoms with Crippen molar-refractivity contribution in [2.75, 3.05) is 53.4 Å². The van der Waals surface area contributed by atoms with Crippen molar-refractivity contribution >= 4 is 29.9 Å². The molecule has 154 valence electrons. The zero-order valence-corrected chi connectivity index (χ0v) is 19.1. The second-order valence-electron chi connectivity index (χ2n) is 6.95. The largest absolute Gasteiger partial charge is 0.364 e. The third-order valence-electron chi connectivity index (χ3n) is 4.83. The molecule has 2 heterocycles. The first-order valence-corrected chi connectivity index (χ1v) is 9.54. The van der Waals surface area contributed by atoms with Gasteiger partial charge in [0, 0.05) is 65.5 Å². The smallest absolute Gasteiger partial charge is 0.193 e. The lowest BCUT2D eigenvalue weighted by Gasteiger charge is -2.36. The number of hydrogen-bond acceptors (Lipinski definition) is 5. The van der Waals surface area contributed by atoms with Gasteiger partial charge in [-0.05, 0) is 12.6 Å². The van der Waals surface area contributed by atoms with Gasteiger partial charge in [-0.1, -0.05) is 35.5 Å². The van der Waals surface area contributed by atoms with E-state index >= 15 is 0 Å². The van der Waals surface area contributed by atoms with Crippen LogP contribution in [0.5, 0.6) is 0 Å². The van der Waals surface area contributed by atoms with Gasteiger partial charge >= 0.3 is 0 Å². The molecule has 1 aromatic carbocycles. The van der Waals surface area contributed by atoms with Gasteiger partial charge in [0.25, 0.3) is 0 Å². The van der Waals surface area contributed by atoms with E-state index in [-0.39, 0.29) is 24.0 Å². The van der Waals surface area contributed by atoms with Crippen molar-refractivity contribution in [3.05, 3.63) is 53.9 Å². The highest BCUT2D eigenvalue weighted by Gasteiger charge is 2.20. The van der Waals surface area contributed by atoms with E-state index in [2.05, 4.69) is 67.5 Å². The average Bonchev–Trinajstić information content (AvgIpc) is 3.20. The summed E-state index contributed by atoms with van der Waals surface area (Å²) in [4.78, 5) is 11.5. The predicted molar refractivity (Wildman–Crippen MR) is 123 cm³/mol. The van der Waals surface area contributed by atoms with Crippen LogP contribution in [-0.4, -0.2) is 79.2 Å². The van der Waals surface area contributed by atoms with Gasteiger partial charge in [0.05, 0.1) is 5.69 Å². The van der Waals surface area contributed by atoms with Gasteiger partial charge in [0.2, 0.25) is 0 Å². The van der Waals surface area contributed by atoms with E-state index in [1.54, 1.807) is 6.26 Å². The maximum atomic E-state index is 4.91. The summed E-state index contributed by atoms with van der Waals surface area (Å²) >= 11 is 0. The molecule has 1 aliphatic rings. The van der Waals surface area contributed by atoms with Gasteiger partial charge < -0.3 is 19.6 Å². The average molecular weight is 498 g/mol. The Balaban J connectivity index is 0.00000280. The summed E-state index contributed by atoms with van der Waals surface area (Å²) in [5.74, 6) is 0.990. The van der Waals surface area contributed by atoms with Crippen molar-refractivity contribution in [1.82, 2.24) is 25.2 Å². The van der Waals surface area contributed by atoms with E-state index in [0.29, 0.717) is 0 Å². The second kappa shape index (κ2) is 12.0. The Morgan fingerprint density at radius 1 is 1.18 bits per heavy atom. The Kier molecular flexibility index (Phi) is 9.72. The first-order valence-electron chi connectivity index (χ1n) is 9.54. The molecular weight excluding hydrogens is 467 g/mol. The molecule has 1 aromatic heterocycles. The van der Waals surface area contributed by atoms with Crippen molar-refractivity contribution in [3.8, 4) is 0 Å². The van der Waals surface area contributed by atoms with E-state index in [1.165, 1.54) is 5.56 Å². The van der Waals surface area contributed by atoms with Gasteiger partial charge in [0.15, 0.2) is 5.96 Å². The number of piperazine rings is 1. The van der Waals surface area contributed by atoms with Crippen LogP contribution < -0.4 is 5.32 Å². The molecule has 8 heteroatoms. The van der Waals surface area contributed by atoms with E-state index in [4.69, 9.17) is 4.52 Å². The van der Waals surface area contributed by atoms with E-state index in [9.17, 15) is 0 Å². The normalized spacial score (nSPS) is 15.5. The Labute approximate surface area is 184 Å². The van der Waals surface area contributed by atoms with E-state index in [1.807, 2.05) is 13.1 Å². The lowest BCUT2D eigenvalue weighted by atomic mass is 10.2. The summed E-state index contributed by atoms with van der Waals surface area (Å²) in [6.07, 6.45) is 1.63. The predicted octanol–water partition coefficient (Wildman–Crippen LogP) is 2.12. The molecule has 2 aromatic rings. The van der Waals surface area contributed by atoms with Crippen molar-refractivity contribution in [2.24, 2.45) is 4.99 Å². The number of hydrogen-bond donors (Lipinski definition) is 1. The summed E-state index contributed by atoms with van der Waals surface area (Å²) in [6, 6.07) is 12.5. The highest BCUT2D eigenvalue weighted by molar-refractivity contribution is 14.0. The number of nitrogens with zero attached hydrogens (tertiary/aromatic N) is 5. The topological polar surface area (TPSA) is 60.1 Å². The molecule has 1 saturated heterocycles. The Morgan fingerprint density at radius 2 is 1.93 bits per heavy atom. The minimum Gasteiger partial charge on any atom is -0.364 e. The zero-order chi connectivity index (χ0) is 18.9. The fraction of sp³-hybridized carbons (Fsp3) is 0.500. The van der Waals surface area contributed by atoms with Crippen molar-refractivity contribution in [2.45, 2.75) is 13.1 Å². The first-order chi connectivity index (χ1) is 13.2. The van der Waals surface area contributed by atoms with Crippen LogP contribution in [0.4, 0.5) is 0 Å². The molecule has 1 fully saturated rings. The maximum Gasteiger partial charge on any atom is 0.193 e. The molecule has 1 aliphatic heterocycles. The number of nitrogens with one attached hydrogen (secondary N) is 1. The summed E-state index contributed by atoms with van der Waals surface area (Å²) in [5, 5.41) is 7.50. The van der Waals surface area contributed by atoms with Gasteiger partial charge in [-0.3, -0.25) is 9.89 Å². The monoisotopic (exact) mass is 498 g/mol. The molecule has 1 N–H and O–H groups in total. The second-order valence-corrected chi connectivity index (χ2v) is 6.95. The summed E-state index contributed by atoms with van der Waals surface area (Å²) in [6.45, 7) is 7.61. The molecular formula is C20H31IN6O.